The third-order valence-electron chi connectivity index (χ3n) is 5.01. The molecule has 0 saturated heterocycles. The van der Waals surface area contributed by atoms with Gasteiger partial charge in [-0.05, 0) is 58.7 Å². The van der Waals surface area contributed by atoms with E-state index in [1.165, 1.54) is 4.90 Å². The molecule has 1 amide bonds. The highest BCUT2D eigenvalue weighted by molar-refractivity contribution is 5.81. The molecule has 1 aliphatic rings. The van der Waals surface area contributed by atoms with Crippen LogP contribution in [0, 0.1) is 0 Å². The van der Waals surface area contributed by atoms with Gasteiger partial charge >= 0.3 is 6.09 Å². The molecule has 27 heavy (non-hydrogen) atoms. The highest BCUT2D eigenvalue weighted by Crippen LogP contribution is 2.27. The molecular weight excluding hydrogens is 342 g/mol. The highest BCUT2D eigenvalue weighted by atomic mass is 16.4. The Labute approximate surface area is 161 Å². The van der Waals surface area contributed by atoms with Crippen molar-refractivity contribution in [3.63, 3.8) is 0 Å². The Morgan fingerprint density at radius 2 is 2.00 bits per heavy atom. The lowest BCUT2D eigenvalue weighted by Gasteiger charge is -2.44. The largest absolute Gasteiger partial charge is 0.465 e. The number of carbonyl (C=O) groups is 1. The summed E-state index contributed by atoms with van der Waals surface area (Å²) in [5.74, 6) is 0. The number of benzene rings is 1. The number of nitrogen functional groups attached to an aromatic ring is 1. The van der Waals surface area contributed by atoms with Crippen molar-refractivity contribution in [3.05, 3.63) is 24.4 Å². The molecule has 0 spiro atoms. The Morgan fingerprint density at radius 1 is 1.33 bits per heavy atom. The molecular formula is C20H33N5O2. The van der Waals surface area contributed by atoms with Crippen molar-refractivity contribution in [1.29, 1.82) is 0 Å². The van der Waals surface area contributed by atoms with E-state index in [2.05, 4.69) is 12.0 Å². The third-order valence-corrected chi connectivity index (χ3v) is 5.01. The van der Waals surface area contributed by atoms with E-state index in [1.54, 1.807) is 0 Å². The van der Waals surface area contributed by atoms with E-state index >= 15 is 0 Å². The fourth-order valence-electron chi connectivity index (χ4n) is 3.74. The van der Waals surface area contributed by atoms with Gasteiger partial charge in [0.15, 0.2) is 0 Å². The second-order valence-corrected chi connectivity index (χ2v) is 8.12. The molecule has 7 heteroatoms. The molecule has 3 rings (SSSR count). The van der Waals surface area contributed by atoms with E-state index in [9.17, 15) is 9.90 Å². The van der Waals surface area contributed by atoms with Gasteiger partial charge in [0.1, 0.15) is 0 Å². The van der Waals surface area contributed by atoms with Gasteiger partial charge in [0, 0.05) is 29.2 Å². The van der Waals surface area contributed by atoms with Crippen LogP contribution in [-0.4, -0.2) is 43.5 Å². The molecule has 2 aromatic rings. The Bertz CT molecular complexity index is 765. The molecule has 0 unspecified atom stereocenters. The summed E-state index contributed by atoms with van der Waals surface area (Å²) >= 11 is 0. The standard InChI is InChI=1S/C11H22N2O2.C9H11N3/c1-11(2,3)13(10(14)15)9-7-5-4-6-8(9)12;1-2-12-9-4-3-8(10)5-7(9)6-11-12/h8-9H,4-7,12H2,1-3H3,(H,14,15);3-6H,2,10H2,1H3/t8-,9+;/m1./s1. The van der Waals surface area contributed by atoms with Gasteiger partial charge in [-0.1, -0.05) is 12.8 Å². The van der Waals surface area contributed by atoms with Gasteiger partial charge in [-0.25, -0.2) is 4.79 Å². The van der Waals surface area contributed by atoms with Crippen molar-refractivity contribution >= 4 is 22.7 Å². The predicted molar refractivity (Wildman–Crippen MR) is 110 cm³/mol. The number of hydrogen-bond acceptors (Lipinski definition) is 4. The maximum Gasteiger partial charge on any atom is 0.408 e. The number of anilines is 1. The smallest absolute Gasteiger partial charge is 0.408 e. The number of fused-ring (bicyclic) bond motifs is 1. The number of aromatic nitrogens is 2. The van der Waals surface area contributed by atoms with Crippen molar-refractivity contribution < 1.29 is 9.90 Å². The number of carboxylic acid groups (broad SMARTS) is 1. The molecule has 150 valence electrons. The average Bonchev–Trinajstić information content (AvgIpc) is 2.98. The van der Waals surface area contributed by atoms with Crippen LogP contribution in [0.25, 0.3) is 10.9 Å². The molecule has 0 radical (unpaired) electrons. The molecule has 1 fully saturated rings. The lowest BCUT2D eigenvalue weighted by atomic mass is 9.87. The number of rotatable bonds is 2. The van der Waals surface area contributed by atoms with Gasteiger partial charge in [-0.15, -0.1) is 0 Å². The summed E-state index contributed by atoms with van der Waals surface area (Å²) < 4.78 is 1.95. The summed E-state index contributed by atoms with van der Waals surface area (Å²) in [6.07, 6.45) is 5.02. The quantitative estimate of drug-likeness (QED) is 0.694. The fourth-order valence-corrected chi connectivity index (χ4v) is 3.74. The SMILES string of the molecule is CC(C)(C)N(C(=O)O)[C@H]1CCCC[C@H]1N.CCn1ncc2cc(N)ccc21. The van der Waals surface area contributed by atoms with Crippen molar-refractivity contribution in [3.8, 4) is 0 Å². The summed E-state index contributed by atoms with van der Waals surface area (Å²) in [5.41, 5.74) is 13.2. The first kappa shape index (κ1) is 21.0. The molecule has 7 nitrogen and oxygen atoms in total. The monoisotopic (exact) mass is 375 g/mol. The van der Waals surface area contributed by atoms with Crippen LogP contribution in [0.5, 0.6) is 0 Å². The number of nitrogens with zero attached hydrogens (tertiary/aromatic N) is 3. The van der Waals surface area contributed by atoms with Crippen LogP contribution in [0.2, 0.25) is 0 Å². The molecule has 2 atom stereocenters. The molecule has 1 saturated carbocycles. The van der Waals surface area contributed by atoms with Crippen LogP contribution < -0.4 is 11.5 Å². The lowest BCUT2D eigenvalue weighted by Crippen LogP contribution is -2.58. The van der Waals surface area contributed by atoms with Crippen molar-refractivity contribution in [2.24, 2.45) is 5.73 Å². The molecule has 5 N–H and O–H groups in total. The second kappa shape index (κ2) is 8.61. The number of amides is 1. The molecule has 1 aromatic carbocycles. The molecule has 1 heterocycles. The first-order chi connectivity index (χ1) is 12.6. The van der Waals surface area contributed by atoms with Crippen molar-refractivity contribution in [2.45, 2.75) is 77.5 Å². The summed E-state index contributed by atoms with van der Waals surface area (Å²) in [6, 6.07) is 5.82. The van der Waals surface area contributed by atoms with Crippen molar-refractivity contribution in [2.75, 3.05) is 5.73 Å². The summed E-state index contributed by atoms with van der Waals surface area (Å²) in [6.45, 7) is 8.73. The molecule has 0 aliphatic heterocycles. The Kier molecular flexibility index (Phi) is 6.70. The minimum atomic E-state index is -0.857. The minimum Gasteiger partial charge on any atom is -0.465 e. The number of hydrogen-bond donors (Lipinski definition) is 3. The topological polar surface area (TPSA) is 110 Å². The van der Waals surface area contributed by atoms with E-state index in [0.717, 1.165) is 48.8 Å². The first-order valence-electron chi connectivity index (χ1n) is 9.64. The second-order valence-electron chi connectivity index (χ2n) is 8.12. The van der Waals surface area contributed by atoms with Crippen LogP contribution in [0.1, 0.15) is 53.4 Å². The van der Waals surface area contributed by atoms with Crippen LogP contribution in [0.15, 0.2) is 24.4 Å². The van der Waals surface area contributed by atoms with Gasteiger partial charge < -0.3 is 16.6 Å². The lowest BCUT2D eigenvalue weighted by molar-refractivity contribution is 0.0491. The third kappa shape index (κ3) is 5.13. The Balaban J connectivity index is 0.000000198. The predicted octanol–water partition coefficient (Wildman–Crippen LogP) is 3.67. The summed E-state index contributed by atoms with van der Waals surface area (Å²) in [7, 11) is 0. The zero-order valence-corrected chi connectivity index (χ0v) is 16.9. The number of aryl methyl sites for hydroxylation is 1. The first-order valence-corrected chi connectivity index (χ1v) is 9.64. The molecule has 1 aliphatic carbocycles. The fraction of sp³-hybridized carbons (Fsp3) is 0.600. The highest BCUT2D eigenvalue weighted by Gasteiger charge is 2.37. The van der Waals surface area contributed by atoms with E-state index in [0.29, 0.717) is 0 Å². The van der Waals surface area contributed by atoms with Gasteiger partial charge in [0.2, 0.25) is 0 Å². The maximum atomic E-state index is 11.3. The van der Waals surface area contributed by atoms with Crippen LogP contribution >= 0.6 is 0 Å². The van der Waals surface area contributed by atoms with Gasteiger partial charge in [-0.2, -0.15) is 5.10 Å². The van der Waals surface area contributed by atoms with E-state index in [4.69, 9.17) is 11.5 Å². The maximum absolute atomic E-state index is 11.3. The zero-order chi connectivity index (χ0) is 20.2. The minimum absolute atomic E-state index is 0.00549. The summed E-state index contributed by atoms with van der Waals surface area (Å²) in [5, 5.41) is 14.6. The van der Waals surface area contributed by atoms with E-state index in [1.807, 2.05) is 49.8 Å². The molecule has 1 aromatic heterocycles. The molecule has 0 bridgehead atoms. The van der Waals surface area contributed by atoms with Crippen LogP contribution in [0.4, 0.5) is 10.5 Å². The Morgan fingerprint density at radius 3 is 2.56 bits per heavy atom. The van der Waals surface area contributed by atoms with Gasteiger partial charge in [0.05, 0.1) is 17.8 Å². The Hall–Kier alpha value is -2.28. The number of nitrogens with two attached hydrogens (primary N) is 2. The van der Waals surface area contributed by atoms with Crippen molar-refractivity contribution in [1.82, 2.24) is 14.7 Å². The van der Waals surface area contributed by atoms with E-state index < -0.39 is 6.09 Å². The van der Waals surface area contributed by atoms with Gasteiger partial charge in [-0.3, -0.25) is 9.58 Å². The summed E-state index contributed by atoms with van der Waals surface area (Å²) in [4.78, 5) is 12.8. The van der Waals surface area contributed by atoms with Crippen LogP contribution in [-0.2, 0) is 6.54 Å². The van der Waals surface area contributed by atoms with E-state index in [-0.39, 0.29) is 17.6 Å². The zero-order valence-electron chi connectivity index (χ0n) is 16.9. The normalized spacial score (nSPS) is 20.0. The van der Waals surface area contributed by atoms with Gasteiger partial charge in [0.25, 0.3) is 0 Å². The van der Waals surface area contributed by atoms with Crippen LogP contribution in [0.3, 0.4) is 0 Å². The average molecular weight is 376 g/mol.